The predicted octanol–water partition coefficient (Wildman–Crippen LogP) is 2.97. The molecule has 0 aliphatic heterocycles. The number of hydrogen-bond donors (Lipinski definition) is 2. The zero-order valence-electron chi connectivity index (χ0n) is 14.7. The number of nitrogens with one attached hydrogen (secondary N) is 2. The van der Waals surface area contributed by atoms with Crippen molar-refractivity contribution >= 4 is 12.1 Å². The molecule has 0 unspecified atom stereocenters. The fourth-order valence-electron chi connectivity index (χ4n) is 2.17. The molecule has 1 amide bonds. The molecule has 7 heteroatoms. The number of ether oxygens (including phenoxy) is 3. The summed E-state index contributed by atoms with van der Waals surface area (Å²) in [7, 11) is 0. The molecule has 2 aromatic rings. The Morgan fingerprint density at radius 2 is 1.76 bits per heavy atom. The van der Waals surface area contributed by atoms with Gasteiger partial charge in [0.1, 0.15) is 0 Å². The molecule has 0 aliphatic carbocycles. The van der Waals surface area contributed by atoms with Crippen molar-refractivity contribution in [1.29, 1.82) is 0 Å². The van der Waals surface area contributed by atoms with Gasteiger partial charge in [0.2, 0.25) is 5.75 Å². The fourth-order valence-corrected chi connectivity index (χ4v) is 2.17. The minimum Gasteiger partial charge on any atom is -0.490 e. The van der Waals surface area contributed by atoms with E-state index in [9.17, 15) is 4.79 Å². The van der Waals surface area contributed by atoms with Crippen molar-refractivity contribution in [2.75, 3.05) is 19.8 Å². The van der Waals surface area contributed by atoms with Crippen LogP contribution in [0.2, 0.25) is 0 Å². The van der Waals surface area contributed by atoms with Gasteiger partial charge in [-0.15, -0.1) is 0 Å². The summed E-state index contributed by atoms with van der Waals surface area (Å²) in [6.45, 7) is 6.96. The van der Waals surface area contributed by atoms with Gasteiger partial charge in [-0.1, -0.05) is 0 Å². The summed E-state index contributed by atoms with van der Waals surface area (Å²) in [4.78, 5) is 15.3. The van der Waals surface area contributed by atoms with Gasteiger partial charge < -0.3 is 19.2 Å². The van der Waals surface area contributed by atoms with Gasteiger partial charge in [0.05, 0.1) is 31.7 Å². The predicted molar refractivity (Wildman–Crippen MR) is 95.8 cm³/mol. The summed E-state index contributed by atoms with van der Waals surface area (Å²) in [5.41, 5.74) is 3.65. The summed E-state index contributed by atoms with van der Waals surface area (Å²) in [6, 6.07) is 6.93. The molecule has 134 valence electrons. The Bertz CT molecular complexity index is 684. The highest BCUT2D eigenvalue weighted by Gasteiger charge is 2.18. The van der Waals surface area contributed by atoms with Gasteiger partial charge in [0.15, 0.2) is 11.5 Å². The average Bonchev–Trinajstić information content (AvgIpc) is 3.11. The number of aromatic nitrogens is 1. The quantitative estimate of drug-likeness (QED) is 0.540. The van der Waals surface area contributed by atoms with E-state index in [0.717, 1.165) is 5.69 Å². The first kappa shape index (κ1) is 18.4. The van der Waals surface area contributed by atoms with E-state index in [4.69, 9.17) is 14.2 Å². The zero-order chi connectivity index (χ0) is 18.1. The number of nitrogens with zero attached hydrogens (tertiary/aromatic N) is 1. The van der Waals surface area contributed by atoms with Gasteiger partial charge in [-0.05, 0) is 45.0 Å². The van der Waals surface area contributed by atoms with Gasteiger partial charge in [0, 0.05) is 11.8 Å². The third kappa shape index (κ3) is 5.00. The topological polar surface area (TPSA) is 84.9 Å². The summed E-state index contributed by atoms with van der Waals surface area (Å²) < 4.78 is 16.8. The Morgan fingerprint density at radius 1 is 1.12 bits per heavy atom. The van der Waals surface area contributed by atoms with E-state index in [0.29, 0.717) is 42.6 Å². The molecule has 0 aliphatic rings. The van der Waals surface area contributed by atoms with Crippen molar-refractivity contribution in [2.45, 2.75) is 20.8 Å². The molecule has 7 nitrogen and oxygen atoms in total. The van der Waals surface area contributed by atoms with Gasteiger partial charge in [0.25, 0.3) is 5.91 Å². The zero-order valence-corrected chi connectivity index (χ0v) is 14.7. The lowest BCUT2D eigenvalue weighted by Crippen LogP contribution is -2.18. The Morgan fingerprint density at radius 3 is 2.28 bits per heavy atom. The van der Waals surface area contributed by atoms with Crippen molar-refractivity contribution in [3.63, 3.8) is 0 Å². The highest BCUT2D eigenvalue weighted by Crippen LogP contribution is 2.39. The van der Waals surface area contributed by atoms with Crippen LogP contribution in [-0.4, -0.2) is 36.9 Å². The molecule has 0 saturated heterocycles. The average molecular weight is 345 g/mol. The van der Waals surface area contributed by atoms with Crippen molar-refractivity contribution in [3.8, 4) is 17.2 Å². The molecule has 2 N–H and O–H groups in total. The van der Waals surface area contributed by atoms with Crippen LogP contribution in [0.1, 0.15) is 36.8 Å². The number of hydrazone groups is 1. The largest absolute Gasteiger partial charge is 0.490 e. The van der Waals surface area contributed by atoms with Gasteiger partial charge in [-0.3, -0.25) is 4.79 Å². The second-order valence-corrected chi connectivity index (χ2v) is 4.93. The van der Waals surface area contributed by atoms with Crippen molar-refractivity contribution in [1.82, 2.24) is 10.4 Å². The molecule has 1 heterocycles. The van der Waals surface area contributed by atoms with Crippen molar-refractivity contribution in [2.24, 2.45) is 5.10 Å². The van der Waals surface area contributed by atoms with E-state index < -0.39 is 0 Å². The molecule has 25 heavy (non-hydrogen) atoms. The fraction of sp³-hybridized carbons (Fsp3) is 0.333. The van der Waals surface area contributed by atoms with Crippen LogP contribution in [-0.2, 0) is 0 Å². The highest BCUT2D eigenvalue weighted by molar-refractivity contribution is 5.96. The lowest BCUT2D eigenvalue weighted by atomic mass is 10.1. The first-order valence-corrected chi connectivity index (χ1v) is 8.22. The second-order valence-electron chi connectivity index (χ2n) is 4.93. The molecular formula is C18H23N3O4. The molecule has 0 radical (unpaired) electrons. The minimum absolute atomic E-state index is 0.368. The molecule has 1 aromatic carbocycles. The van der Waals surface area contributed by atoms with Crippen LogP contribution >= 0.6 is 0 Å². The first-order valence-electron chi connectivity index (χ1n) is 8.22. The van der Waals surface area contributed by atoms with Crippen LogP contribution in [0.3, 0.4) is 0 Å². The Balaban J connectivity index is 2.24. The van der Waals surface area contributed by atoms with Crippen molar-refractivity contribution in [3.05, 3.63) is 41.7 Å². The standard InChI is InChI=1S/C18H23N3O4/c1-4-23-15-10-13(11-16(24-5-2)17(15)25-6-3)18(22)21-20-12-14-8-7-9-19-14/h7-12,19H,4-6H2,1-3H3,(H,21,22)/b20-12-. The van der Waals surface area contributed by atoms with Crippen LogP contribution in [0, 0.1) is 0 Å². The summed E-state index contributed by atoms with van der Waals surface area (Å²) >= 11 is 0. The molecule has 0 fully saturated rings. The number of carbonyl (C=O) groups excluding carboxylic acids is 1. The number of rotatable bonds is 9. The Labute approximate surface area is 147 Å². The molecule has 0 bridgehead atoms. The smallest absolute Gasteiger partial charge is 0.271 e. The number of aromatic amines is 1. The van der Waals surface area contributed by atoms with Crippen molar-refractivity contribution < 1.29 is 19.0 Å². The van der Waals surface area contributed by atoms with E-state index in [1.165, 1.54) is 6.21 Å². The second kappa shape index (κ2) is 9.36. The molecule has 2 rings (SSSR count). The number of hydrogen-bond acceptors (Lipinski definition) is 5. The van der Waals surface area contributed by atoms with Crippen LogP contribution in [0.15, 0.2) is 35.6 Å². The number of amides is 1. The summed E-state index contributed by atoms with van der Waals surface area (Å²) in [6.07, 6.45) is 3.30. The maximum Gasteiger partial charge on any atom is 0.271 e. The van der Waals surface area contributed by atoms with Crippen LogP contribution < -0.4 is 19.6 Å². The molecule has 1 aromatic heterocycles. The maximum absolute atomic E-state index is 12.4. The lowest BCUT2D eigenvalue weighted by molar-refractivity contribution is 0.0954. The molecule has 0 saturated carbocycles. The molecule has 0 spiro atoms. The third-order valence-electron chi connectivity index (χ3n) is 3.16. The van der Waals surface area contributed by atoms with Crippen LogP contribution in [0.25, 0.3) is 0 Å². The lowest BCUT2D eigenvalue weighted by Gasteiger charge is -2.16. The number of H-pyrrole nitrogens is 1. The molecular weight excluding hydrogens is 322 g/mol. The number of benzene rings is 1. The van der Waals surface area contributed by atoms with Crippen LogP contribution in [0.5, 0.6) is 17.2 Å². The van der Waals surface area contributed by atoms with E-state index in [2.05, 4.69) is 15.5 Å². The van der Waals surface area contributed by atoms with E-state index >= 15 is 0 Å². The molecule has 0 atom stereocenters. The van der Waals surface area contributed by atoms with Gasteiger partial charge >= 0.3 is 0 Å². The highest BCUT2D eigenvalue weighted by atomic mass is 16.5. The Hall–Kier alpha value is -2.96. The first-order chi connectivity index (χ1) is 12.2. The SMILES string of the molecule is CCOc1cc(C(=O)N/N=C\c2ccc[nH]2)cc(OCC)c1OCC. The van der Waals surface area contributed by atoms with Gasteiger partial charge in [-0.25, -0.2) is 5.43 Å². The van der Waals surface area contributed by atoms with E-state index in [1.807, 2.05) is 32.9 Å². The minimum atomic E-state index is -0.368. The monoisotopic (exact) mass is 345 g/mol. The van der Waals surface area contributed by atoms with Crippen LogP contribution in [0.4, 0.5) is 0 Å². The van der Waals surface area contributed by atoms with Gasteiger partial charge in [-0.2, -0.15) is 5.10 Å². The third-order valence-corrected chi connectivity index (χ3v) is 3.16. The van der Waals surface area contributed by atoms with E-state index in [1.54, 1.807) is 18.3 Å². The normalized spacial score (nSPS) is 10.7. The maximum atomic E-state index is 12.4. The number of carbonyl (C=O) groups is 1. The van der Waals surface area contributed by atoms with E-state index in [-0.39, 0.29) is 5.91 Å². The Kier molecular flexibility index (Phi) is 6.88. The summed E-state index contributed by atoms with van der Waals surface area (Å²) in [5.74, 6) is 1.06. The summed E-state index contributed by atoms with van der Waals surface area (Å²) in [5, 5.41) is 3.93.